The number of aliphatic hydroxyl groups is 2. The molecule has 210 valence electrons. The number of imidazole rings is 1. The van der Waals surface area contributed by atoms with Crippen molar-refractivity contribution in [3.63, 3.8) is 0 Å². The Kier molecular flexibility index (Phi) is 7.10. The van der Waals surface area contributed by atoms with Gasteiger partial charge in [0.05, 0.1) is 37.5 Å². The van der Waals surface area contributed by atoms with Crippen LogP contribution in [0.15, 0.2) is 24.8 Å². The molecule has 8 unspecified atom stereocenters. The first-order valence-corrected chi connectivity index (χ1v) is 13.3. The number of rotatable bonds is 8. The Balaban J connectivity index is 1.09. The second kappa shape index (κ2) is 10.7. The van der Waals surface area contributed by atoms with Gasteiger partial charge in [-0.3, -0.25) is 9.36 Å². The number of ether oxygens (including phenoxy) is 4. The minimum absolute atomic E-state index is 0.0197. The maximum Gasteiger partial charge on any atom is 0.407 e. The molecular formula is C25H32N6O8. The van der Waals surface area contributed by atoms with Crippen LogP contribution in [0.1, 0.15) is 26.0 Å². The normalized spacial score (nSPS) is 35.0. The first-order valence-electron chi connectivity index (χ1n) is 13.3. The molecule has 2 aliphatic heterocycles. The summed E-state index contributed by atoms with van der Waals surface area (Å²) in [6.45, 7) is 2.94. The third kappa shape index (κ3) is 4.81. The number of esters is 1. The number of allylic oxidation sites excluding steroid dienone is 1. The zero-order valence-corrected chi connectivity index (χ0v) is 21.4. The standard InChI is InChI=1S/C25H32N6O8/c1-2-37-24(34)16-12-3-4-13(7-12)17(16)30-25(35)38-9-15-19(32)20(33)23(39-15)31-11-28-18-21(26-10-27-22(18)31)29-14-5-6-36-8-14/h3-4,10-17,19-20,23,32-33H,2,5-9H2,1H3,(H,30,35)(H,26,27,29)/t12?,13?,14-,15?,16?,17?,19?,20?,23?/m1/s1. The van der Waals surface area contributed by atoms with E-state index in [2.05, 4.69) is 25.6 Å². The lowest BCUT2D eigenvalue weighted by Gasteiger charge is -2.27. The van der Waals surface area contributed by atoms with Crippen molar-refractivity contribution in [1.82, 2.24) is 24.8 Å². The number of amides is 1. The Morgan fingerprint density at radius 2 is 2.00 bits per heavy atom. The second-order valence-electron chi connectivity index (χ2n) is 10.3. The molecule has 1 amide bonds. The van der Waals surface area contributed by atoms with E-state index in [0.29, 0.717) is 30.2 Å². The number of hydrogen-bond donors (Lipinski definition) is 4. The average Bonchev–Trinajstić information content (AvgIpc) is 3.75. The van der Waals surface area contributed by atoms with E-state index in [1.807, 2.05) is 12.2 Å². The van der Waals surface area contributed by atoms with Crippen LogP contribution in [-0.2, 0) is 23.7 Å². The van der Waals surface area contributed by atoms with Gasteiger partial charge < -0.3 is 39.8 Å². The minimum atomic E-state index is -1.33. The molecule has 2 bridgehead atoms. The number of fused-ring (bicyclic) bond motifs is 3. The van der Waals surface area contributed by atoms with Gasteiger partial charge in [0.2, 0.25) is 0 Å². The molecule has 4 aliphatic rings. The van der Waals surface area contributed by atoms with Crippen LogP contribution in [0, 0.1) is 17.8 Å². The maximum absolute atomic E-state index is 12.7. The number of carbonyl (C=O) groups excluding carboxylic acids is 2. The summed E-state index contributed by atoms with van der Waals surface area (Å²) >= 11 is 0. The first kappa shape index (κ1) is 25.9. The van der Waals surface area contributed by atoms with Gasteiger partial charge in [0.15, 0.2) is 23.2 Å². The highest BCUT2D eigenvalue weighted by atomic mass is 16.6. The zero-order valence-electron chi connectivity index (χ0n) is 21.4. The fourth-order valence-corrected chi connectivity index (χ4v) is 6.00. The summed E-state index contributed by atoms with van der Waals surface area (Å²) in [5.41, 5.74) is 0.904. The minimum Gasteiger partial charge on any atom is -0.466 e. The molecule has 1 saturated carbocycles. The number of alkyl carbamates (subject to hydrolysis) is 1. The van der Waals surface area contributed by atoms with Gasteiger partial charge in [-0.2, -0.15) is 0 Å². The highest BCUT2D eigenvalue weighted by Gasteiger charge is 2.50. The van der Waals surface area contributed by atoms with Crippen molar-refractivity contribution in [2.24, 2.45) is 17.8 Å². The summed E-state index contributed by atoms with van der Waals surface area (Å²) in [5.74, 6) is -0.231. The van der Waals surface area contributed by atoms with Crippen molar-refractivity contribution < 1.29 is 38.7 Å². The van der Waals surface area contributed by atoms with Gasteiger partial charge in [0.1, 0.15) is 31.2 Å². The van der Waals surface area contributed by atoms with E-state index in [-0.39, 0.29) is 37.1 Å². The van der Waals surface area contributed by atoms with Crippen molar-refractivity contribution in [1.29, 1.82) is 0 Å². The van der Waals surface area contributed by atoms with Crippen molar-refractivity contribution in [2.75, 3.05) is 31.7 Å². The van der Waals surface area contributed by atoms with Crippen LogP contribution in [0.25, 0.3) is 11.2 Å². The van der Waals surface area contributed by atoms with Gasteiger partial charge in [-0.25, -0.2) is 19.7 Å². The summed E-state index contributed by atoms with van der Waals surface area (Å²) in [6.07, 6.45) is 3.06. The lowest BCUT2D eigenvalue weighted by atomic mass is 9.89. The Morgan fingerprint density at radius 1 is 1.15 bits per heavy atom. The third-order valence-corrected chi connectivity index (χ3v) is 7.92. The predicted molar refractivity (Wildman–Crippen MR) is 133 cm³/mol. The molecule has 2 aromatic heterocycles. The molecule has 2 saturated heterocycles. The molecule has 6 rings (SSSR count). The highest BCUT2D eigenvalue weighted by molar-refractivity contribution is 5.83. The van der Waals surface area contributed by atoms with Gasteiger partial charge >= 0.3 is 12.1 Å². The third-order valence-electron chi connectivity index (χ3n) is 7.92. The van der Waals surface area contributed by atoms with E-state index in [0.717, 1.165) is 12.8 Å². The summed E-state index contributed by atoms with van der Waals surface area (Å²) in [5, 5.41) is 27.5. The van der Waals surface area contributed by atoms with E-state index in [9.17, 15) is 19.8 Å². The quantitative estimate of drug-likeness (QED) is 0.261. The topological polar surface area (TPSA) is 179 Å². The van der Waals surface area contributed by atoms with Gasteiger partial charge in [-0.15, -0.1) is 0 Å². The molecule has 0 spiro atoms. The Labute approximate surface area is 223 Å². The van der Waals surface area contributed by atoms with E-state index < -0.39 is 42.6 Å². The van der Waals surface area contributed by atoms with Gasteiger partial charge in [-0.1, -0.05) is 12.2 Å². The molecule has 9 atom stereocenters. The van der Waals surface area contributed by atoms with Crippen LogP contribution in [-0.4, -0.2) is 98.6 Å². The molecule has 0 aromatic carbocycles. The van der Waals surface area contributed by atoms with E-state index in [1.54, 1.807) is 6.92 Å². The fourth-order valence-electron chi connectivity index (χ4n) is 6.00. The average molecular weight is 545 g/mol. The predicted octanol–water partition coefficient (Wildman–Crippen LogP) is 0.126. The monoisotopic (exact) mass is 544 g/mol. The Bertz CT molecular complexity index is 1250. The molecule has 14 nitrogen and oxygen atoms in total. The van der Waals surface area contributed by atoms with Crippen LogP contribution >= 0.6 is 0 Å². The van der Waals surface area contributed by atoms with Crippen LogP contribution in [0.2, 0.25) is 0 Å². The lowest BCUT2D eigenvalue weighted by Crippen LogP contribution is -2.47. The van der Waals surface area contributed by atoms with Crippen molar-refractivity contribution in [2.45, 2.75) is 56.4 Å². The second-order valence-corrected chi connectivity index (χ2v) is 10.3. The molecule has 3 fully saturated rings. The number of anilines is 1. The van der Waals surface area contributed by atoms with Crippen LogP contribution in [0.4, 0.5) is 10.6 Å². The van der Waals surface area contributed by atoms with Crippen molar-refractivity contribution >= 4 is 29.0 Å². The Hall–Kier alpha value is -3.33. The van der Waals surface area contributed by atoms with Crippen LogP contribution in [0.5, 0.6) is 0 Å². The summed E-state index contributed by atoms with van der Waals surface area (Å²) in [7, 11) is 0. The van der Waals surface area contributed by atoms with Crippen molar-refractivity contribution in [3.8, 4) is 0 Å². The Morgan fingerprint density at radius 3 is 2.79 bits per heavy atom. The number of hydrogen-bond acceptors (Lipinski definition) is 12. The summed E-state index contributed by atoms with van der Waals surface area (Å²) in [6, 6.07) is -0.325. The first-order chi connectivity index (χ1) is 18.9. The summed E-state index contributed by atoms with van der Waals surface area (Å²) < 4.78 is 23.4. The van der Waals surface area contributed by atoms with Crippen LogP contribution < -0.4 is 10.6 Å². The number of carbonyl (C=O) groups is 2. The number of aromatic nitrogens is 4. The lowest BCUT2D eigenvalue weighted by molar-refractivity contribution is -0.149. The van der Waals surface area contributed by atoms with Crippen molar-refractivity contribution in [3.05, 3.63) is 24.8 Å². The fraction of sp³-hybridized carbons (Fsp3) is 0.640. The van der Waals surface area contributed by atoms with E-state index >= 15 is 0 Å². The summed E-state index contributed by atoms with van der Waals surface area (Å²) in [4.78, 5) is 38.1. The maximum atomic E-state index is 12.7. The molecule has 2 aromatic rings. The molecule has 4 N–H and O–H groups in total. The molecule has 14 heteroatoms. The largest absolute Gasteiger partial charge is 0.466 e. The number of nitrogens with zero attached hydrogens (tertiary/aromatic N) is 4. The number of nitrogens with one attached hydrogen (secondary N) is 2. The molecule has 39 heavy (non-hydrogen) atoms. The SMILES string of the molecule is CCOC(=O)C1C2C=CC(C2)C1NC(=O)OCC1OC(n2cnc3c(N[C@@H]4CCOC4)ncnc32)C(O)C1O. The van der Waals surface area contributed by atoms with E-state index in [4.69, 9.17) is 18.9 Å². The molecule has 4 heterocycles. The van der Waals surface area contributed by atoms with Gasteiger partial charge in [-0.05, 0) is 31.6 Å². The zero-order chi connectivity index (χ0) is 27.1. The number of aliphatic hydroxyl groups excluding tert-OH is 2. The van der Waals surface area contributed by atoms with Gasteiger partial charge in [0, 0.05) is 6.61 Å². The van der Waals surface area contributed by atoms with E-state index in [1.165, 1.54) is 17.2 Å². The van der Waals surface area contributed by atoms with Gasteiger partial charge in [0.25, 0.3) is 0 Å². The molecule has 2 aliphatic carbocycles. The highest BCUT2D eigenvalue weighted by Crippen LogP contribution is 2.44. The smallest absolute Gasteiger partial charge is 0.407 e. The molecular weight excluding hydrogens is 512 g/mol. The van der Waals surface area contributed by atoms with Crippen LogP contribution in [0.3, 0.4) is 0 Å². The molecule has 0 radical (unpaired) electrons.